The van der Waals surface area contributed by atoms with E-state index in [9.17, 15) is 19.5 Å². The molecule has 8 nitrogen and oxygen atoms in total. The summed E-state index contributed by atoms with van der Waals surface area (Å²) in [5, 5.41) is 16.1. The molecule has 1 saturated carbocycles. The molecule has 0 heterocycles. The zero-order valence-electron chi connectivity index (χ0n) is 20.8. The number of carbonyl (C=O) groups excluding carboxylic acids is 3. The monoisotopic (exact) mass is 493 g/mol. The van der Waals surface area contributed by atoms with Crippen molar-refractivity contribution in [2.75, 3.05) is 12.3 Å². The summed E-state index contributed by atoms with van der Waals surface area (Å²) in [6, 6.07) is 4.32. The minimum Gasteiger partial charge on any atom is -0.508 e. The molecule has 34 heavy (non-hydrogen) atoms. The maximum Gasteiger partial charge on any atom is 0.408 e. The van der Waals surface area contributed by atoms with Crippen molar-refractivity contribution in [1.82, 2.24) is 15.5 Å². The van der Waals surface area contributed by atoms with Crippen molar-refractivity contribution in [2.45, 2.75) is 84.0 Å². The third-order valence-electron chi connectivity index (χ3n) is 5.69. The molecule has 0 radical (unpaired) electrons. The lowest BCUT2D eigenvalue weighted by atomic mass is 10.0. The number of alkyl carbamates (subject to hydrolysis) is 1. The van der Waals surface area contributed by atoms with Gasteiger partial charge in [-0.15, -0.1) is 0 Å². The molecule has 0 spiro atoms. The molecule has 3 N–H and O–H groups in total. The number of rotatable bonds is 11. The van der Waals surface area contributed by atoms with Gasteiger partial charge in [0.1, 0.15) is 23.4 Å². The normalized spacial score (nSPS) is 19.0. The summed E-state index contributed by atoms with van der Waals surface area (Å²) in [5.41, 5.74) is -0.381. The van der Waals surface area contributed by atoms with Crippen LogP contribution >= 0.6 is 12.6 Å². The van der Waals surface area contributed by atoms with Crippen molar-refractivity contribution >= 4 is 30.5 Å². The minimum absolute atomic E-state index is 0.0291. The van der Waals surface area contributed by atoms with E-state index in [4.69, 9.17) is 4.74 Å². The smallest absolute Gasteiger partial charge is 0.408 e. The topological polar surface area (TPSA) is 108 Å². The molecule has 0 aromatic heterocycles. The van der Waals surface area contributed by atoms with Gasteiger partial charge in [0.15, 0.2) is 0 Å². The lowest BCUT2D eigenvalue weighted by Crippen LogP contribution is -2.54. The van der Waals surface area contributed by atoms with Gasteiger partial charge in [-0.2, -0.15) is 12.6 Å². The summed E-state index contributed by atoms with van der Waals surface area (Å²) in [6.07, 6.45) is 2.81. The van der Waals surface area contributed by atoms with Gasteiger partial charge in [0.05, 0.1) is 0 Å². The van der Waals surface area contributed by atoms with Crippen LogP contribution in [0.3, 0.4) is 0 Å². The van der Waals surface area contributed by atoms with Gasteiger partial charge in [0, 0.05) is 23.9 Å². The number of ether oxygens (including phenoxy) is 1. The maximum atomic E-state index is 13.8. The first-order valence-electron chi connectivity index (χ1n) is 12.0. The number of thiol groups is 1. The third kappa shape index (κ3) is 7.82. The standard InChI is InChI=1S/C25H39N3O5S/c1-6-7-10-13-26-22(30)21(17-11-8-9-12-20(17)29)28(19-14-16(19)2)23(31)18(15-34)27-24(32)33-25(3,4)5/h8-9,11-12,16,18-19,21,29,34H,6-7,10,13-15H2,1-5H3,(H,26,30)(H,27,32). The maximum absolute atomic E-state index is 13.8. The Kier molecular flexibility index (Phi) is 10.1. The summed E-state index contributed by atoms with van der Waals surface area (Å²) >= 11 is 4.29. The number of unbranched alkanes of at least 4 members (excludes halogenated alkanes) is 2. The van der Waals surface area contributed by atoms with Crippen LogP contribution in [0.1, 0.15) is 71.9 Å². The molecular formula is C25H39N3O5S. The van der Waals surface area contributed by atoms with Crippen LogP contribution in [0.15, 0.2) is 24.3 Å². The highest BCUT2D eigenvalue weighted by molar-refractivity contribution is 7.80. The summed E-state index contributed by atoms with van der Waals surface area (Å²) in [5.74, 6) is -0.647. The van der Waals surface area contributed by atoms with E-state index in [-0.39, 0.29) is 29.4 Å². The van der Waals surface area contributed by atoms with E-state index in [1.54, 1.807) is 39.0 Å². The van der Waals surface area contributed by atoms with Gasteiger partial charge < -0.3 is 25.4 Å². The Labute approximate surface area is 208 Å². The molecule has 1 fully saturated rings. The molecule has 0 bridgehead atoms. The second-order valence-corrected chi connectivity index (χ2v) is 10.2. The highest BCUT2D eigenvalue weighted by Gasteiger charge is 2.48. The van der Waals surface area contributed by atoms with Crippen molar-refractivity contribution in [3.05, 3.63) is 29.8 Å². The van der Waals surface area contributed by atoms with Gasteiger partial charge in [0.2, 0.25) is 11.8 Å². The summed E-state index contributed by atoms with van der Waals surface area (Å²) < 4.78 is 5.31. The molecule has 3 amide bonds. The van der Waals surface area contributed by atoms with Crippen LogP contribution in [-0.2, 0) is 14.3 Å². The predicted molar refractivity (Wildman–Crippen MR) is 135 cm³/mol. The number of phenols is 1. The van der Waals surface area contributed by atoms with Crippen molar-refractivity contribution in [3.8, 4) is 5.75 Å². The number of amides is 3. The van der Waals surface area contributed by atoms with Gasteiger partial charge in [-0.1, -0.05) is 44.9 Å². The quantitative estimate of drug-likeness (QED) is 0.277. The van der Waals surface area contributed by atoms with Gasteiger partial charge >= 0.3 is 6.09 Å². The lowest BCUT2D eigenvalue weighted by Gasteiger charge is -2.35. The minimum atomic E-state index is -1.03. The second-order valence-electron chi connectivity index (χ2n) is 9.87. The highest BCUT2D eigenvalue weighted by Crippen LogP contribution is 2.42. The molecule has 190 valence electrons. The molecule has 4 atom stereocenters. The Morgan fingerprint density at radius 3 is 2.41 bits per heavy atom. The summed E-state index contributed by atoms with van der Waals surface area (Å²) in [7, 11) is 0. The average Bonchev–Trinajstić information content (AvgIpc) is 3.48. The first kappa shape index (κ1) is 27.8. The highest BCUT2D eigenvalue weighted by atomic mass is 32.1. The van der Waals surface area contributed by atoms with Crippen LogP contribution in [-0.4, -0.2) is 57.9 Å². The Balaban J connectivity index is 2.37. The molecule has 1 aromatic carbocycles. The van der Waals surface area contributed by atoms with Crippen LogP contribution < -0.4 is 10.6 Å². The number of nitrogens with zero attached hydrogens (tertiary/aromatic N) is 1. The number of para-hydroxylation sites is 1. The van der Waals surface area contributed by atoms with Crippen molar-refractivity contribution in [2.24, 2.45) is 5.92 Å². The van der Waals surface area contributed by atoms with Crippen molar-refractivity contribution in [1.29, 1.82) is 0 Å². The van der Waals surface area contributed by atoms with Gasteiger partial charge in [0.25, 0.3) is 0 Å². The van der Waals surface area contributed by atoms with Crippen LogP contribution in [0.4, 0.5) is 4.79 Å². The second kappa shape index (κ2) is 12.3. The predicted octanol–water partition coefficient (Wildman–Crippen LogP) is 3.80. The van der Waals surface area contributed by atoms with Crippen molar-refractivity contribution < 1.29 is 24.2 Å². The molecule has 1 aliphatic rings. The fourth-order valence-corrected chi connectivity index (χ4v) is 4.05. The summed E-state index contributed by atoms with van der Waals surface area (Å²) in [6.45, 7) is 9.77. The number of nitrogens with one attached hydrogen (secondary N) is 2. The fourth-order valence-electron chi connectivity index (χ4n) is 3.81. The molecule has 2 rings (SSSR count). The van der Waals surface area contributed by atoms with Crippen LogP contribution in [0, 0.1) is 5.92 Å². The van der Waals surface area contributed by atoms with E-state index < -0.39 is 29.7 Å². The van der Waals surface area contributed by atoms with E-state index in [1.165, 1.54) is 11.0 Å². The molecule has 0 aliphatic heterocycles. The molecule has 0 saturated heterocycles. The number of hydrogen-bond donors (Lipinski definition) is 4. The average molecular weight is 494 g/mol. The zero-order chi connectivity index (χ0) is 25.5. The Bertz CT molecular complexity index is 857. The van der Waals surface area contributed by atoms with Crippen molar-refractivity contribution in [3.63, 3.8) is 0 Å². The Hall–Kier alpha value is -2.42. The van der Waals surface area contributed by atoms with Crippen LogP contribution in [0.5, 0.6) is 5.75 Å². The van der Waals surface area contributed by atoms with E-state index in [0.717, 1.165) is 25.7 Å². The van der Waals surface area contributed by atoms with Crippen LogP contribution in [0.25, 0.3) is 0 Å². The number of phenolic OH excluding ortho intramolecular Hbond substituents is 1. The Morgan fingerprint density at radius 1 is 1.24 bits per heavy atom. The van der Waals surface area contributed by atoms with E-state index in [2.05, 4.69) is 30.2 Å². The van der Waals surface area contributed by atoms with Gasteiger partial charge in [-0.05, 0) is 45.6 Å². The van der Waals surface area contributed by atoms with Gasteiger partial charge in [-0.3, -0.25) is 9.59 Å². The lowest BCUT2D eigenvalue weighted by molar-refractivity contribution is -0.143. The molecular weight excluding hydrogens is 454 g/mol. The first-order chi connectivity index (χ1) is 16.0. The number of hydrogen-bond acceptors (Lipinski definition) is 6. The van der Waals surface area contributed by atoms with E-state index in [0.29, 0.717) is 12.1 Å². The SMILES string of the molecule is CCCCCNC(=O)C(c1ccccc1O)N(C(=O)C(CS)NC(=O)OC(C)(C)C)C1CC1C. The Morgan fingerprint density at radius 2 is 1.88 bits per heavy atom. The number of benzene rings is 1. The molecule has 4 unspecified atom stereocenters. The zero-order valence-corrected chi connectivity index (χ0v) is 21.7. The third-order valence-corrected chi connectivity index (χ3v) is 6.05. The fraction of sp³-hybridized carbons (Fsp3) is 0.640. The largest absolute Gasteiger partial charge is 0.508 e. The molecule has 9 heteroatoms. The van der Waals surface area contributed by atoms with Crippen LogP contribution in [0.2, 0.25) is 0 Å². The first-order valence-corrected chi connectivity index (χ1v) is 12.6. The number of carbonyl (C=O) groups is 3. The number of aromatic hydroxyl groups is 1. The molecule has 1 aromatic rings. The van der Waals surface area contributed by atoms with Gasteiger partial charge in [-0.25, -0.2) is 4.79 Å². The van der Waals surface area contributed by atoms with E-state index in [1.807, 2.05) is 6.92 Å². The van der Waals surface area contributed by atoms with E-state index >= 15 is 0 Å². The summed E-state index contributed by atoms with van der Waals surface area (Å²) in [4.78, 5) is 41.1. The molecule has 1 aliphatic carbocycles.